The van der Waals surface area contributed by atoms with Crippen molar-refractivity contribution >= 4 is 11.5 Å². The van der Waals surface area contributed by atoms with Gasteiger partial charge in [0.15, 0.2) is 0 Å². The molecule has 1 rings (SSSR count). The molecule has 3 nitrogen and oxygen atoms in total. The summed E-state index contributed by atoms with van der Waals surface area (Å²) in [6.07, 6.45) is 2.63. The van der Waals surface area contributed by atoms with E-state index in [1.807, 2.05) is 6.92 Å². The van der Waals surface area contributed by atoms with Gasteiger partial charge in [0.2, 0.25) is 0 Å². The summed E-state index contributed by atoms with van der Waals surface area (Å²) in [5.41, 5.74) is 2.18. The topological polar surface area (TPSA) is 46.5 Å². The maximum atomic E-state index is 13.2. The van der Waals surface area contributed by atoms with Crippen LogP contribution in [-0.2, 0) is 9.53 Å². The standard InChI is InChI=1S/C15H17FO3/c1-4-19-13(9-15(17)18)8-10(2)12-5-6-14(16)11(3)7-12/h5-9H,4H2,1-3H3,(H,17,18)/b10-8+,13-9-. The second-order valence-electron chi connectivity index (χ2n) is 4.11. The lowest BCUT2D eigenvalue weighted by Gasteiger charge is -2.07. The lowest BCUT2D eigenvalue weighted by molar-refractivity contribution is -0.131. The molecule has 1 N–H and O–H groups in total. The zero-order chi connectivity index (χ0) is 14.4. The minimum atomic E-state index is -1.07. The van der Waals surface area contributed by atoms with Gasteiger partial charge in [-0.1, -0.05) is 6.07 Å². The van der Waals surface area contributed by atoms with Crippen molar-refractivity contribution in [2.45, 2.75) is 20.8 Å². The van der Waals surface area contributed by atoms with E-state index in [2.05, 4.69) is 0 Å². The van der Waals surface area contributed by atoms with E-state index in [1.165, 1.54) is 6.07 Å². The maximum Gasteiger partial charge on any atom is 0.332 e. The Balaban J connectivity index is 3.07. The fourth-order valence-electron chi connectivity index (χ4n) is 1.60. The van der Waals surface area contributed by atoms with Gasteiger partial charge in [-0.05, 0) is 55.7 Å². The van der Waals surface area contributed by atoms with Crippen LogP contribution in [0.5, 0.6) is 0 Å². The normalized spacial score (nSPS) is 12.4. The highest BCUT2D eigenvalue weighted by Gasteiger charge is 2.03. The van der Waals surface area contributed by atoms with Crippen LogP contribution in [0.4, 0.5) is 4.39 Å². The molecule has 0 amide bonds. The van der Waals surface area contributed by atoms with Crippen LogP contribution in [0.3, 0.4) is 0 Å². The Morgan fingerprint density at radius 3 is 2.63 bits per heavy atom. The first kappa shape index (κ1) is 15.0. The van der Waals surface area contributed by atoms with Gasteiger partial charge >= 0.3 is 5.97 Å². The molecule has 0 spiro atoms. The fourth-order valence-corrected chi connectivity index (χ4v) is 1.60. The summed E-state index contributed by atoms with van der Waals surface area (Å²) in [4.78, 5) is 10.7. The van der Waals surface area contributed by atoms with Crippen molar-refractivity contribution in [1.29, 1.82) is 0 Å². The number of rotatable bonds is 5. The number of hydrogen-bond donors (Lipinski definition) is 1. The van der Waals surface area contributed by atoms with Crippen LogP contribution in [0.25, 0.3) is 5.57 Å². The molecular weight excluding hydrogens is 247 g/mol. The molecule has 0 saturated heterocycles. The van der Waals surface area contributed by atoms with Gasteiger partial charge in [0.1, 0.15) is 11.6 Å². The maximum absolute atomic E-state index is 13.2. The zero-order valence-corrected chi connectivity index (χ0v) is 11.2. The third kappa shape index (κ3) is 4.58. The average molecular weight is 264 g/mol. The Labute approximate surface area is 112 Å². The van der Waals surface area contributed by atoms with Crippen molar-refractivity contribution in [2.24, 2.45) is 0 Å². The molecule has 102 valence electrons. The molecule has 0 aliphatic carbocycles. The number of aliphatic carboxylic acids is 1. The predicted molar refractivity (Wildman–Crippen MR) is 72.1 cm³/mol. The molecule has 0 aromatic heterocycles. The number of carboxylic acid groups (broad SMARTS) is 1. The Morgan fingerprint density at radius 2 is 2.11 bits per heavy atom. The SMILES string of the molecule is CCOC(=C\C(=O)O)/C=C(\C)c1ccc(F)c(C)c1. The van der Waals surface area contributed by atoms with Gasteiger partial charge in [0.05, 0.1) is 12.7 Å². The summed E-state index contributed by atoms with van der Waals surface area (Å²) in [5, 5.41) is 8.74. The lowest BCUT2D eigenvalue weighted by atomic mass is 10.0. The summed E-state index contributed by atoms with van der Waals surface area (Å²) in [6, 6.07) is 4.76. The highest BCUT2D eigenvalue weighted by molar-refractivity contribution is 5.81. The van der Waals surface area contributed by atoms with Crippen LogP contribution in [0.1, 0.15) is 25.0 Å². The van der Waals surface area contributed by atoms with E-state index in [1.54, 1.807) is 32.1 Å². The number of benzene rings is 1. The fraction of sp³-hybridized carbons (Fsp3) is 0.267. The summed E-state index contributed by atoms with van der Waals surface area (Å²) in [7, 11) is 0. The highest BCUT2D eigenvalue weighted by Crippen LogP contribution is 2.19. The van der Waals surface area contributed by atoms with Gasteiger partial charge in [0.25, 0.3) is 0 Å². The molecule has 0 fully saturated rings. The third-order valence-electron chi connectivity index (χ3n) is 2.55. The van der Waals surface area contributed by atoms with Crippen molar-refractivity contribution in [1.82, 2.24) is 0 Å². The van der Waals surface area contributed by atoms with Crippen molar-refractivity contribution < 1.29 is 19.0 Å². The number of halogens is 1. The van der Waals surface area contributed by atoms with E-state index in [0.717, 1.165) is 17.2 Å². The zero-order valence-electron chi connectivity index (χ0n) is 11.2. The van der Waals surface area contributed by atoms with Crippen LogP contribution in [0.15, 0.2) is 36.1 Å². The Hall–Kier alpha value is -2.10. The summed E-state index contributed by atoms with van der Waals surface area (Å²) >= 11 is 0. The molecule has 0 radical (unpaired) electrons. The molecular formula is C15H17FO3. The van der Waals surface area contributed by atoms with Gasteiger partial charge < -0.3 is 9.84 Å². The average Bonchev–Trinajstić information content (AvgIpc) is 2.32. The first-order valence-electron chi connectivity index (χ1n) is 5.96. The number of ether oxygens (including phenoxy) is 1. The van der Waals surface area contributed by atoms with E-state index >= 15 is 0 Å². The molecule has 0 bridgehead atoms. The third-order valence-corrected chi connectivity index (χ3v) is 2.55. The van der Waals surface area contributed by atoms with E-state index in [4.69, 9.17) is 9.84 Å². The molecule has 0 saturated carbocycles. The largest absolute Gasteiger partial charge is 0.494 e. The number of aryl methyl sites for hydroxylation is 1. The van der Waals surface area contributed by atoms with Gasteiger partial charge in [0, 0.05) is 0 Å². The molecule has 0 aliphatic heterocycles. The predicted octanol–water partition coefficient (Wildman–Crippen LogP) is 3.54. The summed E-state index contributed by atoms with van der Waals surface area (Å²) in [6.45, 7) is 5.66. The van der Waals surface area contributed by atoms with Gasteiger partial charge in [-0.2, -0.15) is 0 Å². The second-order valence-corrected chi connectivity index (χ2v) is 4.11. The van der Waals surface area contributed by atoms with Crippen LogP contribution in [-0.4, -0.2) is 17.7 Å². The van der Waals surface area contributed by atoms with Gasteiger partial charge in [-0.25, -0.2) is 9.18 Å². The smallest absolute Gasteiger partial charge is 0.332 e. The van der Waals surface area contributed by atoms with Crippen molar-refractivity contribution in [3.05, 3.63) is 53.1 Å². The van der Waals surface area contributed by atoms with Crippen molar-refractivity contribution in [3.63, 3.8) is 0 Å². The number of hydrogen-bond acceptors (Lipinski definition) is 2. The lowest BCUT2D eigenvalue weighted by Crippen LogP contribution is -1.96. The van der Waals surface area contributed by atoms with Gasteiger partial charge in [-0.3, -0.25) is 0 Å². The molecule has 0 unspecified atom stereocenters. The molecule has 1 aromatic rings. The van der Waals surface area contributed by atoms with E-state index in [-0.39, 0.29) is 11.6 Å². The molecule has 0 atom stereocenters. The first-order chi connectivity index (χ1) is 8.93. The minimum Gasteiger partial charge on any atom is -0.494 e. The van der Waals surface area contributed by atoms with Crippen LogP contribution in [0.2, 0.25) is 0 Å². The molecule has 0 heterocycles. The number of carboxylic acids is 1. The highest BCUT2D eigenvalue weighted by atomic mass is 19.1. The van der Waals surface area contributed by atoms with Crippen LogP contribution >= 0.6 is 0 Å². The van der Waals surface area contributed by atoms with E-state index in [0.29, 0.717) is 12.2 Å². The summed E-state index contributed by atoms with van der Waals surface area (Å²) in [5.74, 6) is -1.06. The van der Waals surface area contributed by atoms with Crippen molar-refractivity contribution in [3.8, 4) is 0 Å². The number of allylic oxidation sites excluding steroid dienone is 2. The van der Waals surface area contributed by atoms with E-state index < -0.39 is 5.97 Å². The molecule has 1 aromatic carbocycles. The second kappa shape index (κ2) is 6.73. The Bertz CT molecular complexity index is 530. The van der Waals surface area contributed by atoms with Gasteiger partial charge in [-0.15, -0.1) is 0 Å². The Kier molecular flexibility index (Phi) is 5.30. The molecule has 19 heavy (non-hydrogen) atoms. The van der Waals surface area contributed by atoms with Crippen molar-refractivity contribution in [2.75, 3.05) is 6.61 Å². The Morgan fingerprint density at radius 1 is 1.42 bits per heavy atom. The van der Waals surface area contributed by atoms with Crippen LogP contribution in [0, 0.1) is 12.7 Å². The van der Waals surface area contributed by atoms with E-state index in [9.17, 15) is 9.18 Å². The monoisotopic (exact) mass is 264 g/mol. The number of carbonyl (C=O) groups is 1. The first-order valence-corrected chi connectivity index (χ1v) is 5.96. The minimum absolute atomic E-state index is 0.261. The summed E-state index contributed by atoms with van der Waals surface area (Å²) < 4.78 is 18.4. The quantitative estimate of drug-likeness (QED) is 0.502. The molecule has 4 heteroatoms. The van der Waals surface area contributed by atoms with Crippen LogP contribution < -0.4 is 0 Å². The molecule has 0 aliphatic rings.